The van der Waals surface area contributed by atoms with Gasteiger partial charge in [-0.15, -0.1) is 11.3 Å². The number of phenolic OH excluding ortho intramolecular Hbond substituents is 1. The molecule has 9 heteroatoms. The van der Waals surface area contributed by atoms with Crippen LogP contribution in [-0.2, 0) is 6.54 Å². The minimum absolute atomic E-state index is 0.0505. The predicted octanol–water partition coefficient (Wildman–Crippen LogP) is 4.27. The Morgan fingerprint density at radius 3 is 2.60 bits per heavy atom. The van der Waals surface area contributed by atoms with Crippen LogP contribution in [0.1, 0.15) is 20.9 Å². The van der Waals surface area contributed by atoms with Gasteiger partial charge >= 0.3 is 0 Å². The maximum absolute atomic E-state index is 12.8. The third-order valence-electron chi connectivity index (χ3n) is 4.35. The van der Waals surface area contributed by atoms with Gasteiger partial charge in [-0.05, 0) is 42.8 Å². The first kappa shape index (κ1) is 21.9. The molecule has 0 atom stereocenters. The second-order valence-corrected chi connectivity index (χ2v) is 8.02. The highest BCUT2D eigenvalue weighted by atomic mass is 35.5. The number of hydrogen-bond acceptors (Lipinski definition) is 7. The van der Waals surface area contributed by atoms with E-state index in [9.17, 15) is 9.90 Å². The molecule has 3 rings (SSSR count). The molecule has 1 amide bonds. The summed E-state index contributed by atoms with van der Waals surface area (Å²) in [6.45, 7) is 2.19. The van der Waals surface area contributed by atoms with Crippen molar-refractivity contribution in [1.29, 1.82) is 0 Å². The number of carbonyl (C=O) groups excluding carboxylic acids is 1. The van der Waals surface area contributed by atoms with E-state index in [0.29, 0.717) is 38.6 Å². The van der Waals surface area contributed by atoms with Crippen LogP contribution in [-0.4, -0.2) is 42.3 Å². The summed E-state index contributed by atoms with van der Waals surface area (Å²) in [4.78, 5) is 17.8. The zero-order valence-corrected chi connectivity index (χ0v) is 18.6. The molecule has 0 spiro atoms. The summed E-state index contributed by atoms with van der Waals surface area (Å²) in [6.07, 6.45) is 0. The van der Waals surface area contributed by atoms with Crippen molar-refractivity contribution in [2.75, 3.05) is 21.3 Å². The van der Waals surface area contributed by atoms with E-state index in [1.165, 1.54) is 18.4 Å². The first-order valence-electron chi connectivity index (χ1n) is 9.01. The highest BCUT2D eigenvalue weighted by molar-refractivity contribution is 7.17. The Kier molecular flexibility index (Phi) is 6.81. The molecule has 2 N–H and O–H groups in total. The first-order chi connectivity index (χ1) is 14.3. The second kappa shape index (κ2) is 9.34. The largest absolute Gasteiger partial charge is 0.504 e. The van der Waals surface area contributed by atoms with Crippen LogP contribution in [0.3, 0.4) is 0 Å². The lowest BCUT2D eigenvalue weighted by atomic mass is 10.2. The van der Waals surface area contributed by atoms with E-state index in [-0.39, 0.29) is 11.7 Å². The van der Waals surface area contributed by atoms with Gasteiger partial charge in [0.05, 0.1) is 25.5 Å². The molecule has 0 radical (unpaired) electrons. The van der Waals surface area contributed by atoms with E-state index in [0.717, 1.165) is 11.1 Å². The topological polar surface area (TPSA) is 83.9 Å². The number of aryl methyl sites for hydroxylation is 1. The molecule has 1 aromatic heterocycles. The number of nitrogens with zero attached hydrogens (tertiary/aromatic N) is 2. The van der Waals surface area contributed by atoms with E-state index in [1.807, 2.05) is 12.1 Å². The number of nitrogens with one attached hydrogen (secondary N) is 1. The summed E-state index contributed by atoms with van der Waals surface area (Å²) in [7, 11) is 4.81. The molecule has 30 heavy (non-hydrogen) atoms. The van der Waals surface area contributed by atoms with Crippen LogP contribution in [0.2, 0.25) is 5.02 Å². The number of hydrazine groups is 1. The van der Waals surface area contributed by atoms with Gasteiger partial charge in [0.2, 0.25) is 0 Å². The number of ether oxygens (including phenoxy) is 2. The number of aromatic nitrogens is 1. The first-order valence-corrected chi connectivity index (χ1v) is 10.2. The zero-order valence-electron chi connectivity index (χ0n) is 17.0. The molecule has 0 aliphatic heterocycles. The lowest BCUT2D eigenvalue weighted by Crippen LogP contribution is -2.38. The SMILES string of the molecule is COc1ccc(CN(C)NC(=O)c2sc(-c3ccc(Cl)cc3OC)nc2C)cc1O. The van der Waals surface area contributed by atoms with Crippen LogP contribution in [0.5, 0.6) is 17.2 Å². The van der Waals surface area contributed by atoms with Crippen LogP contribution in [0.4, 0.5) is 0 Å². The smallest absolute Gasteiger partial charge is 0.277 e. The number of rotatable bonds is 7. The Balaban J connectivity index is 1.74. The molecule has 2 aromatic carbocycles. The van der Waals surface area contributed by atoms with E-state index >= 15 is 0 Å². The van der Waals surface area contributed by atoms with Crippen molar-refractivity contribution in [3.8, 4) is 27.8 Å². The fraction of sp³-hybridized carbons (Fsp3) is 0.238. The number of aromatic hydroxyl groups is 1. The summed E-state index contributed by atoms with van der Waals surface area (Å²) in [6, 6.07) is 10.4. The third-order valence-corrected chi connectivity index (χ3v) is 5.78. The van der Waals surface area contributed by atoms with Crippen molar-refractivity contribution < 1.29 is 19.4 Å². The van der Waals surface area contributed by atoms with Gasteiger partial charge in [-0.2, -0.15) is 0 Å². The van der Waals surface area contributed by atoms with Crippen molar-refractivity contribution in [2.45, 2.75) is 13.5 Å². The second-order valence-electron chi connectivity index (χ2n) is 6.58. The van der Waals surface area contributed by atoms with Gasteiger partial charge in [-0.3, -0.25) is 10.2 Å². The highest BCUT2D eigenvalue weighted by Crippen LogP contribution is 2.36. The monoisotopic (exact) mass is 447 g/mol. The summed E-state index contributed by atoms with van der Waals surface area (Å²) < 4.78 is 10.4. The van der Waals surface area contributed by atoms with Crippen molar-refractivity contribution in [3.63, 3.8) is 0 Å². The van der Waals surface area contributed by atoms with Gasteiger partial charge in [0, 0.05) is 18.6 Å². The Bertz CT molecular complexity index is 1070. The molecule has 0 aliphatic rings. The zero-order chi connectivity index (χ0) is 21.8. The molecular formula is C21H22ClN3O4S. The summed E-state index contributed by atoms with van der Waals surface area (Å²) >= 11 is 7.31. The number of carbonyl (C=O) groups is 1. The van der Waals surface area contributed by atoms with Crippen LogP contribution in [0.15, 0.2) is 36.4 Å². The number of phenols is 1. The average molecular weight is 448 g/mol. The molecule has 1 heterocycles. The van der Waals surface area contributed by atoms with E-state index in [2.05, 4.69) is 10.4 Å². The molecular weight excluding hydrogens is 426 g/mol. The molecule has 158 valence electrons. The average Bonchev–Trinajstić information content (AvgIpc) is 3.09. The van der Waals surface area contributed by atoms with Gasteiger partial charge in [-0.1, -0.05) is 17.7 Å². The predicted molar refractivity (Wildman–Crippen MR) is 117 cm³/mol. The third kappa shape index (κ3) is 4.84. The lowest BCUT2D eigenvalue weighted by molar-refractivity contribution is 0.0823. The Hall–Kier alpha value is -2.81. The quantitative estimate of drug-likeness (QED) is 0.526. The molecule has 7 nitrogen and oxygen atoms in total. The number of methoxy groups -OCH3 is 2. The molecule has 3 aromatic rings. The summed E-state index contributed by atoms with van der Waals surface area (Å²) in [5, 5.41) is 12.8. The fourth-order valence-corrected chi connectivity index (χ4v) is 4.08. The lowest BCUT2D eigenvalue weighted by Gasteiger charge is -2.18. The van der Waals surface area contributed by atoms with Crippen molar-refractivity contribution in [2.24, 2.45) is 0 Å². The Morgan fingerprint density at radius 1 is 1.20 bits per heavy atom. The van der Waals surface area contributed by atoms with Crippen molar-refractivity contribution in [1.82, 2.24) is 15.4 Å². The number of halogens is 1. The standard InChI is InChI=1S/C21H22ClN3O4S/c1-12-19(30-21(23-12)15-7-6-14(22)10-18(15)29-4)20(27)24-25(2)11-13-5-8-17(28-3)16(26)9-13/h5-10,26H,11H2,1-4H3,(H,24,27). The van der Waals surface area contributed by atoms with Crippen molar-refractivity contribution >= 4 is 28.8 Å². The molecule has 0 unspecified atom stereocenters. The van der Waals surface area contributed by atoms with E-state index < -0.39 is 0 Å². The summed E-state index contributed by atoms with van der Waals surface area (Å²) in [5.41, 5.74) is 5.06. The normalized spacial score (nSPS) is 10.9. The molecule has 0 aliphatic carbocycles. The molecule has 0 saturated carbocycles. The van der Waals surface area contributed by atoms with Crippen LogP contribution >= 0.6 is 22.9 Å². The fourth-order valence-electron chi connectivity index (χ4n) is 2.94. The van der Waals surface area contributed by atoms with Crippen LogP contribution in [0, 0.1) is 6.92 Å². The van der Waals surface area contributed by atoms with Gasteiger partial charge < -0.3 is 14.6 Å². The number of amides is 1. The Morgan fingerprint density at radius 2 is 1.93 bits per heavy atom. The van der Waals surface area contributed by atoms with Gasteiger partial charge in [0.15, 0.2) is 11.5 Å². The maximum atomic E-state index is 12.8. The number of thiazole rings is 1. The van der Waals surface area contributed by atoms with Crippen LogP contribution in [0.25, 0.3) is 10.6 Å². The molecule has 0 fully saturated rings. The van der Waals surface area contributed by atoms with Gasteiger partial charge in [0.1, 0.15) is 15.6 Å². The number of hydrogen-bond donors (Lipinski definition) is 2. The van der Waals surface area contributed by atoms with Crippen molar-refractivity contribution in [3.05, 3.63) is 57.6 Å². The van der Waals surface area contributed by atoms with Gasteiger partial charge in [-0.25, -0.2) is 9.99 Å². The maximum Gasteiger partial charge on any atom is 0.277 e. The molecule has 0 bridgehead atoms. The Labute approximate surface area is 183 Å². The van der Waals surface area contributed by atoms with E-state index in [4.69, 9.17) is 21.1 Å². The minimum atomic E-state index is -0.260. The van der Waals surface area contributed by atoms with E-state index in [1.54, 1.807) is 50.4 Å². The number of benzene rings is 2. The summed E-state index contributed by atoms with van der Waals surface area (Å²) in [5.74, 6) is 0.787. The van der Waals surface area contributed by atoms with Gasteiger partial charge in [0.25, 0.3) is 5.91 Å². The highest BCUT2D eigenvalue weighted by Gasteiger charge is 2.19. The molecule has 0 saturated heterocycles. The minimum Gasteiger partial charge on any atom is -0.504 e. The van der Waals surface area contributed by atoms with Crippen LogP contribution < -0.4 is 14.9 Å².